The number of alkyl halides is 3. The first-order chi connectivity index (χ1) is 17.4. The number of pyridine rings is 1. The number of hydrogen-bond donors (Lipinski definition) is 1. The van der Waals surface area contributed by atoms with Crippen molar-refractivity contribution in [3.8, 4) is 22.8 Å². The van der Waals surface area contributed by atoms with Crippen LogP contribution < -0.4 is 9.47 Å². The number of ether oxygens (including phenoxy) is 2. The number of aromatic nitrogens is 1. The molecule has 0 bridgehead atoms. The molecule has 2 aliphatic carbocycles. The standard InChI is InChI=1S/C28H26F5NO3/c1-27(2,35)5-6-36-18-3-4-19(25(30)11-18)21-9-17(24(29)12-23(21)28(31,32)33)14-37-26-10-16-7-15-8-20(15)22(16)13-34-26/h3-4,9-13,15,20,35H,5-8,14H2,1-2H3. The van der Waals surface area contributed by atoms with Crippen LogP contribution >= 0.6 is 0 Å². The van der Waals surface area contributed by atoms with Gasteiger partial charge in [0, 0.05) is 35.9 Å². The van der Waals surface area contributed by atoms with E-state index in [-0.39, 0.29) is 42.4 Å². The van der Waals surface area contributed by atoms with Gasteiger partial charge in [0.05, 0.1) is 17.8 Å². The van der Waals surface area contributed by atoms with Gasteiger partial charge >= 0.3 is 6.18 Å². The van der Waals surface area contributed by atoms with Gasteiger partial charge in [-0.25, -0.2) is 13.8 Å². The van der Waals surface area contributed by atoms with Gasteiger partial charge in [-0.05, 0) is 79.5 Å². The summed E-state index contributed by atoms with van der Waals surface area (Å²) in [7, 11) is 0. The third kappa shape index (κ3) is 5.56. The SMILES string of the molecule is CC(C)(O)CCOc1ccc(-c2cc(COc3cc4c(cn3)C3CC3C4)c(F)cc2C(F)(F)F)c(F)c1. The maximum absolute atomic E-state index is 15.0. The van der Waals surface area contributed by atoms with E-state index in [0.29, 0.717) is 17.9 Å². The second-order valence-corrected chi connectivity index (χ2v) is 10.4. The Kier molecular flexibility index (Phi) is 6.38. The Hall–Kier alpha value is -3.20. The third-order valence-corrected chi connectivity index (χ3v) is 6.88. The van der Waals surface area contributed by atoms with E-state index in [2.05, 4.69) is 4.98 Å². The molecule has 1 heterocycles. The second-order valence-electron chi connectivity index (χ2n) is 10.4. The molecule has 1 fully saturated rings. The zero-order valence-electron chi connectivity index (χ0n) is 20.3. The molecule has 1 saturated carbocycles. The van der Waals surface area contributed by atoms with E-state index >= 15 is 0 Å². The van der Waals surface area contributed by atoms with Crippen LogP contribution in [0.4, 0.5) is 22.0 Å². The van der Waals surface area contributed by atoms with Crippen LogP contribution in [0.25, 0.3) is 11.1 Å². The van der Waals surface area contributed by atoms with Gasteiger partial charge in [0.2, 0.25) is 5.88 Å². The van der Waals surface area contributed by atoms with Crippen LogP contribution in [0.3, 0.4) is 0 Å². The first kappa shape index (κ1) is 25.4. The van der Waals surface area contributed by atoms with Gasteiger partial charge < -0.3 is 14.6 Å². The fourth-order valence-corrected chi connectivity index (χ4v) is 4.77. The van der Waals surface area contributed by atoms with Gasteiger partial charge in [0.15, 0.2) is 0 Å². The Morgan fingerprint density at radius 3 is 2.49 bits per heavy atom. The van der Waals surface area contributed by atoms with Gasteiger partial charge in [-0.3, -0.25) is 0 Å². The van der Waals surface area contributed by atoms with Crippen molar-refractivity contribution in [2.45, 2.75) is 57.4 Å². The van der Waals surface area contributed by atoms with Crippen molar-refractivity contribution >= 4 is 0 Å². The molecule has 9 heteroatoms. The zero-order chi connectivity index (χ0) is 26.5. The van der Waals surface area contributed by atoms with Crippen molar-refractivity contribution in [1.29, 1.82) is 0 Å². The summed E-state index contributed by atoms with van der Waals surface area (Å²) in [4.78, 5) is 4.26. The molecule has 5 rings (SSSR count). The summed E-state index contributed by atoms with van der Waals surface area (Å²) in [5, 5.41) is 9.76. The van der Waals surface area contributed by atoms with Crippen molar-refractivity contribution < 1.29 is 36.5 Å². The number of nitrogens with zero attached hydrogens (tertiary/aromatic N) is 1. The summed E-state index contributed by atoms with van der Waals surface area (Å²) >= 11 is 0. The van der Waals surface area contributed by atoms with Crippen LogP contribution in [0.2, 0.25) is 0 Å². The molecule has 0 radical (unpaired) electrons. The van der Waals surface area contributed by atoms with E-state index in [1.807, 2.05) is 0 Å². The molecule has 2 aromatic carbocycles. The summed E-state index contributed by atoms with van der Waals surface area (Å²) in [5.74, 6) is -0.492. The van der Waals surface area contributed by atoms with Gasteiger partial charge in [-0.1, -0.05) is 0 Å². The molecule has 4 nitrogen and oxygen atoms in total. The van der Waals surface area contributed by atoms with Gasteiger partial charge in [0.1, 0.15) is 24.0 Å². The lowest BCUT2D eigenvalue weighted by molar-refractivity contribution is -0.137. The Morgan fingerprint density at radius 1 is 1.00 bits per heavy atom. The number of benzene rings is 2. The quantitative estimate of drug-likeness (QED) is 0.332. The maximum atomic E-state index is 15.0. The van der Waals surface area contributed by atoms with E-state index < -0.39 is 34.5 Å². The van der Waals surface area contributed by atoms with Crippen LogP contribution in [0.15, 0.2) is 42.6 Å². The lowest BCUT2D eigenvalue weighted by atomic mass is 9.96. The Bertz CT molecular complexity index is 1330. The van der Waals surface area contributed by atoms with E-state index in [1.54, 1.807) is 26.1 Å². The van der Waals surface area contributed by atoms with Crippen molar-refractivity contribution in [1.82, 2.24) is 4.98 Å². The van der Waals surface area contributed by atoms with Crippen LogP contribution in [0, 0.1) is 17.6 Å². The minimum absolute atomic E-state index is 0.0894. The number of hydrogen-bond acceptors (Lipinski definition) is 4. The fourth-order valence-electron chi connectivity index (χ4n) is 4.77. The average molecular weight is 520 g/mol. The summed E-state index contributed by atoms with van der Waals surface area (Å²) in [6.07, 6.45) is -0.785. The number of halogens is 5. The number of fused-ring (bicyclic) bond motifs is 3. The minimum Gasteiger partial charge on any atom is -0.493 e. The lowest BCUT2D eigenvalue weighted by Gasteiger charge is -2.18. The Labute approximate surface area is 211 Å². The Balaban J connectivity index is 1.39. The molecule has 0 amide bonds. The molecule has 196 valence electrons. The van der Waals surface area contributed by atoms with E-state index in [1.165, 1.54) is 18.1 Å². The Morgan fingerprint density at radius 2 is 1.78 bits per heavy atom. The summed E-state index contributed by atoms with van der Waals surface area (Å²) in [6, 6.07) is 6.59. The highest BCUT2D eigenvalue weighted by Crippen LogP contribution is 2.56. The number of aliphatic hydroxyl groups is 1. The van der Waals surface area contributed by atoms with Crippen molar-refractivity contribution in [3.63, 3.8) is 0 Å². The molecule has 2 aliphatic rings. The largest absolute Gasteiger partial charge is 0.493 e. The minimum atomic E-state index is -4.91. The molecule has 0 aliphatic heterocycles. The normalized spacial score (nSPS) is 18.4. The highest BCUT2D eigenvalue weighted by molar-refractivity contribution is 5.70. The molecule has 1 aromatic heterocycles. The van der Waals surface area contributed by atoms with Crippen LogP contribution in [0.5, 0.6) is 11.6 Å². The molecule has 1 N–H and O–H groups in total. The van der Waals surface area contributed by atoms with E-state index in [4.69, 9.17) is 9.47 Å². The fraction of sp³-hybridized carbons (Fsp3) is 0.393. The van der Waals surface area contributed by atoms with Gasteiger partial charge in [-0.15, -0.1) is 0 Å². The monoisotopic (exact) mass is 519 g/mol. The van der Waals surface area contributed by atoms with Crippen LogP contribution in [0.1, 0.15) is 54.9 Å². The summed E-state index contributed by atoms with van der Waals surface area (Å²) < 4.78 is 82.0. The van der Waals surface area contributed by atoms with Crippen molar-refractivity contribution in [3.05, 3.63) is 76.5 Å². The highest BCUT2D eigenvalue weighted by Gasteiger charge is 2.45. The third-order valence-electron chi connectivity index (χ3n) is 6.88. The van der Waals surface area contributed by atoms with Crippen molar-refractivity contribution in [2.75, 3.05) is 6.61 Å². The maximum Gasteiger partial charge on any atom is 0.417 e. The summed E-state index contributed by atoms with van der Waals surface area (Å²) in [6.45, 7) is 2.91. The second kappa shape index (κ2) is 9.28. The van der Waals surface area contributed by atoms with Crippen LogP contribution in [-0.2, 0) is 19.2 Å². The zero-order valence-corrected chi connectivity index (χ0v) is 20.3. The van der Waals surface area contributed by atoms with E-state index in [0.717, 1.165) is 30.2 Å². The van der Waals surface area contributed by atoms with Crippen LogP contribution in [-0.4, -0.2) is 22.3 Å². The summed E-state index contributed by atoms with van der Waals surface area (Å²) in [5.41, 5.74) is -0.956. The van der Waals surface area contributed by atoms with Gasteiger partial charge in [0.25, 0.3) is 0 Å². The number of rotatable bonds is 8. The average Bonchev–Trinajstić information content (AvgIpc) is 3.47. The first-order valence-corrected chi connectivity index (χ1v) is 12.1. The predicted molar refractivity (Wildman–Crippen MR) is 126 cm³/mol. The van der Waals surface area contributed by atoms with Crippen molar-refractivity contribution in [2.24, 2.45) is 5.92 Å². The smallest absolute Gasteiger partial charge is 0.417 e. The first-order valence-electron chi connectivity index (χ1n) is 12.1. The molecule has 2 unspecified atom stereocenters. The molecule has 2 atom stereocenters. The molecule has 0 spiro atoms. The lowest BCUT2D eigenvalue weighted by Crippen LogP contribution is -2.21. The molecule has 37 heavy (non-hydrogen) atoms. The predicted octanol–water partition coefficient (Wildman–Crippen LogP) is 6.82. The molecule has 3 aromatic rings. The van der Waals surface area contributed by atoms with E-state index in [9.17, 15) is 27.1 Å². The molecular weight excluding hydrogens is 493 g/mol. The van der Waals surface area contributed by atoms with Gasteiger partial charge in [-0.2, -0.15) is 13.2 Å². The topological polar surface area (TPSA) is 51.6 Å². The highest BCUT2D eigenvalue weighted by atomic mass is 19.4. The molecule has 0 saturated heterocycles. The molecular formula is C28H26F5NO3.